The van der Waals surface area contributed by atoms with Gasteiger partial charge in [0, 0.05) is 11.5 Å². The lowest BCUT2D eigenvalue weighted by Crippen LogP contribution is -1.81. The van der Waals surface area contributed by atoms with Crippen molar-refractivity contribution in [3.8, 4) is 0 Å². The molecule has 0 amide bonds. The van der Waals surface area contributed by atoms with Gasteiger partial charge in [-0.15, -0.1) is 0 Å². The van der Waals surface area contributed by atoms with E-state index in [-0.39, 0.29) is 0 Å². The van der Waals surface area contributed by atoms with Crippen LogP contribution in [0.15, 0.2) is 23.3 Å². The van der Waals surface area contributed by atoms with Gasteiger partial charge in [0.15, 0.2) is 0 Å². The first-order valence-electron chi connectivity index (χ1n) is 3.81. The average molecular weight is 188 g/mol. The molecule has 0 aliphatic carbocycles. The van der Waals surface area contributed by atoms with E-state index in [1.54, 1.807) is 0 Å². The molecule has 64 valence electrons. The summed E-state index contributed by atoms with van der Waals surface area (Å²) < 4.78 is 0. The second kappa shape index (κ2) is 6.86. The Labute approximate surface area is 80.6 Å². The second-order valence-corrected chi connectivity index (χ2v) is 3.14. The summed E-state index contributed by atoms with van der Waals surface area (Å²) in [5.74, 6) is 1.69. The van der Waals surface area contributed by atoms with Crippen molar-refractivity contribution in [3.63, 3.8) is 0 Å². The quantitative estimate of drug-likeness (QED) is 0.491. The first-order valence-corrected chi connectivity index (χ1v) is 5.08. The van der Waals surface area contributed by atoms with E-state index in [0.29, 0.717) is 0 Å². The minimum absolute atomic E-state index is 0.833. The van der Waals surface area contributed by atoms with Crippen LogP contribution in [0.3, 0.4) is 0 Å². The molecule has 0 saturated heterocycles. The minimum atomic E-state index is 0.833. The number of hydrogen-bond acceptors (Lipinski definition) is 2. The van der Waals surface area contributed by atoms with Crippen LogP contribution in [0.1, 0.15) is 20.3 Å². The Balaban J connectivity index is 4.06. The van der Waals surface area contributed by atoms with Gasteiger partial charge in [0.1, 0.15) is 0 Å². The van der Waals surface area contributed by atoms with Crippen LogP contribution >= 0.6 is 25.3 Å². The first-order chi connectivity index (χ1) is 5.24. The van der Waals surface area contributed by atoms with Crippen LogP contribution in [0.5, 0.6) is 0 Å². The van der Waals surface area contributed by atoms with Gasteiger partial charge in [-0.2, -0.15) is 25.3 Å². The van der Waals surface area contributed by atoms with E-state index in [0.717, 1.165) is 17.9 Å². The van der Waals surface area contributed by atoms with Gasteiger partial charge in [0.2, 0.25) is 0 Å². The van der Waals surface area contributed by atoms with Crippen molar-refractivity contribution in [2.75, 3.05) is 11.5 Å². The molecule has 0 fully saturated rings. The fourth-order valence-electron chi connectivity index (χ4n) is 0.595. The Morgan fingerprint density at radius 3 is 2.18 bits per heavy atom. The van der Waals surface area contributed by atoms with E-state index in [9.17, 15) is 0 Å². The topological polar surface area (TPSA) is 0 Å². The molecule has 0 atom stereocenters. The molecule has 11 heavy (non-hydrogen) atoms. The van der Waals surface area contributed by atoms with Crippen molar-refractivity contribution in [2.24, 2.45) is 0 Å². The number of allylic oxidation sites excluding steroid dienone is 2. The van der Waals surface area contributed by atoms with Crippen molar-refractivity contribution in [3.05, 3.63) is 23.3 Å². The standard InChI is InChI=1S/C9H16S2/c1-3-9(7-11)5-4-8(2)6-10/h4-5,10-11H,3,6-7H2,1-2H3. The van der Waals surface area contributed by atoms with E-state index >= 15 is 0 Å². The fourth-order valence-corrected chi connectivity index (χ4v) is 1.03. The summed E-state index contributed by atoms with van der Waals surface area (Å²) in [5.41, 5.74) is 2.66. The third kappa shape index (κ3) is 5.45. The molecule has 0 unspecified atom stereocenters. The zero-order valence-electron chi connectivity index (χ0n) is 7.17. The molecule has 0 heterocycles. The van der Waals surface area contributed by atoms with E-state index in [1.165, 1.54) is 11.1 Å². The van der Waals surface area contributed by atoms with Gasteiger partial charge in [-0.1, -0.05) is 30.2 Å². The van der Waals surface area contributed by atoms with Crippen LogP contribution in [0.25, 0.3) is 0 Å². The number of thiol groups is 2. The Hall–Kier alpha value is 0.180. The van der Waals surface area contributed by atoms with E-state index < -0.39 is 0 Å². The third-order valence-corrected chi connectivity index (χ3v) is 2.42. The molecule has 0 aromatic carbocycles. The highest BCUT2D eigenvalue weighted by molar-refractivity contribution is 7.80. The second-order valence-electron chi connectivity index (χ2n) is 2.51. The highest BCUT2D eigenvalue weighted by atomic mass is 32.1. The van der Waals surface area contributed by atoms with E-state index in [2.05, 4.69) is 51.3 Å². The molecule has 0 saturated carbocycles. The van der Waals surface area contributed by atoms with Crippen molar-refractivity contribution in [1.82, 2.24) is 0 Å². The Bertz CT molecular complexity index is 151. The minimum Gasteiger partial charge on any atom is -0.175 e. The highest BCUT2D eigenvalue weighted by Crippen LogP contribution is 2.04. The molecule has 0 nitrogen and oxygen atoms in total. The van der Waals surface area contributed by atoms with Crippen LogP contribution in [-0.2, 0) is 0 Å². The predicted octanol–water partition coefficient (Wildman–Crippen LogP) is 3.13. The van der Waals surface area contributed by atoms with Gasteiger partial charge in [-0.25, -0.2) is 0 Å². The zero-order chi connectivity index (χ0) is 8.69. The van der Waals surface area contributed by atoms with Gasteiger partial charge in [0.25, 0.3) is 0 Å². The molecule has 0 aliphatic rings. The zero-order valence-corrected chi connectivity index (χ0v) is 8.96. The molecule has 2 heteroatoms. The molecular formula is C9H16S2. The molecule has 0 aromatic rings. The number of hydrogen-bond donors (Lipinski definition) is 2. The third-order valence-electron chi connectivity index (χ3n) is 1.51. The van der Waals surface area contributed by atoms with Gasteiger partial charge >= 0.3 is 0 Å². The first kappa shape index (κ1) is 11.2. The van der Waals surface area contributed by atoms with Crippen molar-refractivity contribution >= 4 is 25.3 Å². The molecule has 0 aliphatic heterocycles. The van der Waals surface area contributed by atoms with Crippen molar-refractivity contribution < 1.29 is 0 Å². The molecule has 0 N–H and O–H groups in total. The van der Waals surface area contributed by atoms with Crippen LogP contribution in [0, 0.1) is 0 Å². The highest BCUT2D eigenvalue weighted by Gasteiger charge is 1.87. The van der Waals surface area contributed by atoms with Crippen LogP contribution in [0.4, 0.5) is 0 Å². The summed E-state index contributed by atoms with van der Waals surface area (Å²) in [4.78, 5) is 0. The molecular weight excluding hydrogens is 172 g/mol. The lowest BCUT2D eigenvalue weighted by atomic mass is 10.2. The average Bonchev–Trinajstić information content (AvgIpc) is 2.06. The molecule has 0 bridgehead atoms. The lowest BCUT2D eigenvalue weighted by Gasteiger charge is -1.96. The van der Waals surface area contributed by atoms with Crippen LogP contribution in [-0.4, -0.2) is 11.5 Å². The molecule has 0 spiro atoms. The Kier molecular flexibility index (Phi) is 6.98. The van der Waals surface area contributed by atoms with Crippen molar-refractivity contribution in [2.45, 2.75) is 20.3 Å². The van der Waals surface area contributed by atoms with Gasteiger partial charge in [-0.05, 0) is 13.3 Å². The summed E-state index contributed by atoms with van der Waals surface area (Å²) >= 11 is 8.37. The predicted molar refractivity (Wildman–Crippen MR) is 59.8 cm³/mol. The fraction of sp³-hybridized carbons (Fsp3) is 0.556. The van der Waals surface area contributed by atoms with Crippen molar-refractivity contribution in [1.29, 1.82) is 0 Å². The van der Waals surface area contributed by atoms with E-state index in [1.807, 2.05) is 0 Å². The Morgan fingerprint density at radius 2 is 1.82 bits per heavy atom. The van der Waals surface area contributed by atoms with Gasteiger partial charge in [-0.3, -0.25) is 0 Å². The largest absolute Gasteiger partial charge is 0.175 e. The van der Waals surface area contributed by atoms with Gasteiger partial charge < -0.3 is 0 Å². The maximum absolute atomic E-state index is 4.21. The lowest BCUT2D eigenvalue weighted by molar-refractivity contribution is 1.11. The summed E-state index contributed by atoms with van der Waals surface area (Å²) in [6.45, 7) is 4.22. The maximum Gasteiger partial charge on any atom is 0.0116 e. The normalized spacial score (nSPS) is 13.8. The van der Waals surface area contributed by atoms with Gasteiger partial charge in [0.05, 0.1) is 0 Å². The molecule has 0 radical (unpaired) electrons. The summed E-state index contributed by atoms with van der Waals surface area (Å²) in [6, 6.07) is 0. The number of rotatable bonds is 4. The monoisotopic (exact) mass is 188 g/mol. The summed E-state index contributed by atoms with van der Waals surface area (Å²) in [7, 11) is 0. The SMILES string of the molecule is CCC(=CC=C(C)CS)CS. The summed E-state index contributed by atoms with van der Waals surface area (Å²) in [5, 5.41) is 0. The van der Waals surface area contributed by atoms with E-state index in [4.69, 9.17) is 0 Å². The smallest absolute Gasteiger partial charge is 0.0116 e. The van der Waals surface area contributed by atoms with Crippen LogP contribution in [0.2, 0.25) is 0 Å². The molecule has 0 aromatic heterocycles. The maximum atomic E-state index is 4.21. The van der Waals surface area contributed by atoms with Crippen LogP contribution < -0.4 is 0 Å². The molecule has 0 rings (SSSR count). The Morgan fingerprint density at radius 1 is 1.18 bits per heavy atom. The summed E-state index contributed by atoms with van der Waals surface area (Å²) in [6.07, 6.45) is 5.33.